The van der Waals surface area contributed by atoms with E-state index in [0.29, 0.717) is 25.3 Å². The molecule has 0 bridgehead atoms. The second kappa shape index (κ2) is 11.6. The summed E-state index contributed by atoms with van der Waals surface area (Å²) in [5.41, 5.74) is 2.90. The van der Waals surface area contributed by atoms with Crippen molar-refractivity contribution in [1.82, 2.24) is 19.8 Å². The maximum Gasteiger partial charge on any atom is 0.410 e. The molecule has 0 saturated carbocycles. The first-order valence-electron chi connectivity index (χ1n) is 13.3. The highest BCUT2D eigenvalue weighted by molar-refractivity contribution is 5.75. The first-order valence-corrected chi connectivity index (χ1v) is 13.3. The zero-order valence-corrected chi connectivity index (χ0v) is 23.4. The normalized spacial score (nSPS) is 18.4. The third kappa shape index (κ3) is 6.35. The molecule has 2 aliphatic rings. The summed E-state index contributed by atoms with van der Waals surface area (Å²) in [4.78, 5) is 41.8. The first kappa shape index (κ1) is 27.6. The summed E-state index contributed by atoms with van der Waals surface area (Å²) in [5, 5.41) is 0. The van der Waals surface area contributed by atoms with Gasteiger partial charge in [-0.2, -0.15) is 0 Å². The van der Waals surface area contributed by atoms with Crippen LogP contribution in [0.4, 0.5) is 16.3 Å². The number of ether oxygens (including phenoxy) is 2. The van der Waals surface area contributed by atoms with Crippen molar-refractivity contribution in [3.8, 4) is 17.0 Å². The van der Waals surface area contributed by atoms with Crippen molar-refractivity contribution in [2.45, 2.75) is 52.7 Å². The summed E-state index contributed by atoms with van der Waals surface area (Å²) in [6.45, 7) is 15.9. The van der Waals surface area contributed by atoms with E-state index >= 15 is 0 Å². The number of amides is 1. The van der Waals surface area contributed by atoms with E-state index in [0.717, 1.165) is 67.5 Å². The monoisotopic (exact) mass is 524 g/mol. The number of likely N-dealkylation sites (tertiary alicyclic amines) is 1. The third-order valence-corrected chi connectivity index (χ3v) is 7.19. The molecule has 2 saturated heterocycles. The van der Waals surface area contributed by atoms with Gasteiger partial charge in [0.1, 0.15) is 23.5 Å². The van der Waals surface area contributed by atoms with E-state index in [1.165, 1.54) is 0 Å². The van der Waals surface area contributed by atoms with Gasteiger partial charge in [-0.1, -0.05) is 0 Å². The lowest BCUT2D eigenvalue weighted by Crippen LogP contribution is -2.44. The number of anilines is 2. The molecule has 2 aromatic rings. The van der Waals surface area contributed by atoms with E-state index in [9.17, 15) is 9.59 Å². The van der Waals surface area contributed by atoms with Gasteiger partial charge in [-0.25, -0.2) is 14.8 Å². The molecule has 38 heavy (non-hydrogen) atoms. The van der Waals surface area contributed by atoms with Crippen LogP contribution in [0.1, 0.15) is 39.7 Å². The van der Waals surface area contributed by atoms with Gasteiger partial charge in [0.05, 0.1) is 5.69 Å². The molecule has 0 spiro atoms. The number of nitrogens with zero attached hydrogens (tertiary/aromatic N) is 6. The number of hydrogen-bond acceptors (Lipinski definition) is 9. The standard InChI is InChI=1S/C28H40N6O4/c1-7-34(22-8-9-33(17-22)27(36)38-28(3,4)5)24-14-21(15-25(20(24)2)37-19-35)23-16-26(30-18-29-23)32-12-10-31(6)11-13-32/h14-16,18-19,22H,7-13,17H2,1-6H3. The van der Waals surface area contributed by atoms with Gasteiger partial charge in [0.15, 0.2) is 0 Å². The Morgan fingerprint density at radius 1 is 1.13 bits per heavy atom. The predicted octanol–water partition coefficient (Wildman–Crippen LogP) is 3.57. The Labute approximate surface area is 225 Å². The molecule has 10 nitrogen and oxygen atoms in total. The molecule has 3 heterocycles. The van der Waals surface area contributed by atoms with Crippen LogP contribution in [0.2, 0.25) is 0 Å². The molecule has 1 atom stereocenters. The molecule has 0 N–H and O–H groups in total. The fourth-order valence-corrected chi connectivity index (χ4v) is 5.12. The molecule has 4 rings (SSSR count). The second-order valence-electron chi connectivity index (χ2n) is 11.0. The van der Waals surface area contributed by atoms with Crippen molar-refractivity contribution in [3.63, 3.8) is 0 Å². The molecule has 2 fully saturated rings. The average molecular weight is 525 g/mol. The molecule has 2 aliphatic heterocycles. The van der Waals surface area contributed by atoms with Crippen LogP contribution in [-0.2, 0) is 9.53 Å². The number of rotatable bonds is 7. The molecule has 1 aromatic heterocycles. The summed E-state index contributed by atoms with van der Waals surface area (Å²) >= 11 is 0. The summed E-state index contributed by atoms with van der Waals surface area (Å²) in [5.74, 6) is 1.38. The Morgan fingerprint density at radius 3 is 2.53 bits per heavy atom. The van der Waals surface area contributed by atoms with Crippen molar-refractivity contribution in [2.24, 2.45) is 0 Å². The number of benzene rings is 1. The highest BCUT2D eigenvalue weighted by Crippen LogP contribution is 2.37. The largest absolute Gasteiger partial charge is 0.444 e. The SMILES string of the molecule is CCN(c1cc(-c2cc(N3CCN(C)CC3)ncn2)cc(OC=O)c1C)C1CCN(C(=O)OC(C)(C)C)C1. The van der Waals surface area contributed by atoms with Gasteiger partial charge in [0.25, 0.3) is 6.47 Å². The first-order chi connectivity index (χ1) is 18.1. The van der Waals surface area contributed by atoms with Gasteiger partial charge >= 0.3 is 6.09 Å². The Hall–Kier alpha value is -3.40. The van der Waals surface area contributed by atoms with Crippen molar-refractivity contribution >= 4 is 24.1 Å². The lowest BCUT2D eigenvalue weighted by molar-refractivity contribution is -0.120. The summed E-state index contributed by atoms with van der Waals surface area (Å²) in [7, 11) is 2.13. The molecular weight excluding hydrogens is 484 g/mol. The minimum absolute atomic E-state index is 0.108. The zero-order valence-electron chi connectivity index (χ0n) is 23.4. The van der Waals surface area contributed by atoms with Crippen LogP contribution < -0.4 is 14.5 Å². The van der Waals surface area contributed by atoms with Crippen molar-refractivity contribution in [1.29, 1.82) is 0 Å². The summed E-state index contributed by atoms with van der Waals surface area (Å²) in [6.07, 6.45) is 2.13. The van der Waals surface area contributed by atoms with E-state index in [1.807, 2.05) is 39.8 Å². The van der Waals surface area contributed by atoms with Crippen LogP contribution in [0.3, 0.4) is 0 Å². The molecule has 1 aromatic carbocycles. The number of piperazine rings is 1. The van der Waals surface area contributed by atoms with Crippen molar-refractivity contribution in [2.75, 3.05) is 62.7 Å². The van der Waals surface area contributed by atoms with Crippen LogP contribution >= 0.6 is 0 Å². The van der Waals surface area contributed by atoms with E-state index < -0.39 is 5.60 Å². The highest BCUT2D eigenvalue weighted by Gasteiger charge is 2.33. The topological polar surface area (TPSA) is 91.3 Å². The molecule has 0 aliphatic carbocycles. The van der Waals surface area contributed by atoms with Crippen molar-refractivity contribution in [3.05, 3.63) is 30.1 Å². The van der Waals surface area contributed by atoms with Crippen molar-refractivity contribution < 1.29 is 19.1 Å². The molecule has 206 valence electrons. The van der Waals surface area contributed by atoms with Crippen LogP contribution in [0.25, 0.3) is 11.3 Å². The predicted molar refractivity (Wildman–Crippen MR) is 148 cm³/mol. The van der Waals surface area contributed by atoms with Gasteiger partial charge in [0.2, 0.25) is 0 Å². The number of likely N-dealkylation sites (N-methyl/N-ethyl adjacent to an activating group) is 2. The van der Waals surface area contributed by atoms with E-state index in [4.69, 9.17) is 9.47 Å². The molecule has 1 amide bonds. The van der Waals surface area contributed by atoms with E-state index in [-0.39, 0.29) is 12.1 Å². The van der Waals surface area contributed by atoms with Crippen LogP contribution in [0.15, 0.2) is 24.5 Å². The molecule has 10 heteroatoms. The average Bonchev–Trinajstić information content (AvgIpc) is 3.36. The minimum atomic E-state index is -0.536. The summed E-state index contributed by atoms with van der Waals surface area (Å²) < 4.78 is 11.0. The number of carbonyl (C=O) groups excluding carboxylic acids is 2. The van der Waals surface area contributed by atoms with Gasteiger partial charge in [-0.3, -0.25) is 4.79 Å². The maximum absolute atomic E-state index is 12.7. The Balaban J connectivity index is 1.63. The molecular formula is C28H40N6O4. The van der Waals surface area contributed by atoms with Gasteiger partial charge < -0.3 is 29.1 Å². The van der Waals surface area contributed by atoms with Gasteiger partial charge in [-0.15, -0.1) is 0 Å². The quantitative estimate of drug-likeness (QED) is 0.504. The molecule has 1 unspecified atom stereocenters. The highest BCUT2D eigenvalue weighted by atomic mass is 16.6. The number of hydrogen-bond donors (Lipinski definition) is 0. The van der Waals surface area contributed by atoms with Gasteiger partial charge in [0, 0.05) is 74.7 Å². The maximum atomic E-state index is 12.7. The Morgan fingerprint density at radius 2 is 1.87 bits per heavy atom. The van der Waals surface area contributed by atoms with E-state index in [1.54, 1.807) is 11.2 Å². The lowest BCUT2D eigenvalue weighted by atomic mass is 10.0. The molecule has 0 radical (unpaired) electrons. The Bertz CT molecular complexity index is 1140. The fraction of sp³-hybridized carbons (Fsp3) is 0.571. The Kier molecular flexibility index (Phi) is 8.40. The lowest BCUT2D eigenvalue weighted by Gasteiger charge is -2.33. The number of carbonyl (C=O) groups is 2. The fourth-order valence-electron chi connectivity index (χ4n) is 5.12. The van der Waals surface area contributed by atoms with Gasteiger partial charge in [-0.05, 0) is 60.2 Å². The smallest absolute Gasteiger partial charge is 0.410 e. The zero-order chi connectivity index (χ0) is 27.4. The van der Waals surface area contributed by atoms with Crippen LogP contribution in [-0.4, -0.2) is 96.8 Å². The number of aromatic nitrogens is 2. The second-order valence-corrected chi connectivity index (χ2v) is 11.0. The summed E-state index contributed by atoms with van der Waals surface area (Å²) in [6, 6.07) is 6.07. The minimum Gasteiger partial charge on any atom is -0.444 e. The third-order valence-electron chi connectivity index (χ3n) is 7.19. The van der Waals surface area contributed by atoms with Crippen LogP contribution in [0.5, 0.6) is 5.75 Å². The van der Waals surface area contributed by atoms with Crippen LogP contribution in [0, 0.1) is 6.92 Å². The van der Waals surface area contributed by atoms with E-state index in [2.05, 4.69) is 44.7 Å².